The topological polar surface area (TPSA) is 92.1 Å². The average molecular weight is 499 g/mol. The lowest BCUT2D eigenvalue weighted by Crippen LogP contribution is -2.58. The lowest BCUT2D eigenvalue weighted by Gasteiger charge is -2.43. The second kappa shape index (κ2) is 10.0. The van der Waals surface area contributed by atoms with Gasteiger partial charge in [-0.05, 0) is 29.5 Å². The van der Waals surface area contributed by atoms with Crippen LogP contribution in [0.4, 0.5) is 11.6 Å². The number of piperazine rings is 1. The Labute approximate surface area is 228 Å². The predicted octanol–water partition coefficient (Wildman–Crippen LogP) is -3.76. The molecule has 0 unspecified atom stereocenters. The molecule has 4 aromatic rings. The zero-order chi connectivity index (χ0) is 27.1. The minimum Gasteiger partial charge on any atom is -0.354 e. The van der Waals surface area contributed by atoms with Crippen molar-refractivity contribution in [1.29, 1.82) is 0 Å². The minimum atomic E-state index is -0.218. The van der Waals surface area contributed by atoms with Gasteiger partial charge in [0, 0.05) is 66.8 Å². The predicted molar refractivity (Wildman–Crippen MR) is 169 cm³/mol. The van der Waals surface area contributed by atoms with Crippen molar-refractivity contribution in [2.45, 2.75) is 10.5 Å². The van der Waals surface area contributed by atoms with Gasteiger partial charge in [0.2, 0.25) is 0 Å². The van der Waals surface area contributed by atoms with E-state index in [0.717, 1.165) is 54.0 Å². The zero-order valence-corrected chi connectivity index (χ0v) is 23.1. The summed E-state index contributed by atoms with van der Waals surface area (Å²) in [6.07, 6.45) is 9.08. The SMILES string of the molecule is BC(B)(B)N1CCN(c2cc(C(=O)Nc3cc4cc(-c5cnn(C(B)(B)B)c5)cnc4cn3)ccn2)CC1. The van der Waals surface area contributed by atoms with Crippen LogP contribution in [0.1, 0.15) is 10.4 Å². The van der Waals surface area contributed by atoms with Crippen molar-refractivity contribution >= 4 is 75.5 Å². The number of anilines is 2. The summed E-state index contributed by atoms with van der Waals surface area (Å²) in [6, 6.07) is 7.49. The molecule has 1 saturated heterocycles. The van der Waals surface area contributed by atoms with E-state index in [2.05, 4.69) is 82.2 Å². The maximum absolute atomic E-state index is 13.1. The number of nitrogens with zero attached hydrogens (tertiary/aromatic N) is 7. The first-order valence-corrected chi connectivity index (χ1v) is 13.1. The first-order valence-electron chi connectivity index (χ1n) is 13.1. The molecular formula is C23H30B6N8O. The number of hydrogen-bond donors (Lipinski definition) is 1. The molecule has 1 amide bonds. The number of carbonyl (C=O) groups is 1. The van der Waals surface area contributed by atoms with Crippen molar-refractivity contribution in [3.05, 3.63) is 60.8 Å². The van der Waals surface area contributed by atoms with Crippen LogP contribution in [-0.2, 0) is 5.24 Å². The number of pyridine rings is 3. The molecule has 0 aliphatic carbocycles. The van der Waals surface area contributed by atoms with E-state index in [1.807, 2.05) is 41.5 Å². The number of amides is 1. The summed E-state index contributed by atoms with van der Waals surface area (Å²) in [5, 5.41) is 8.38. The molecule has 0 radical (unpaired) electrons. The molecule has 186 valence electrons. The standard InChI is InChI=1S/C23H30B6N8O/c24-22(25,26)36-5-3-35(4-6-36)20-9-14(1-2-30-20)21(38)34-19-8-15-7-16(10-31-18(15)12-32-19)17-11-33-37(13-17)23(27,28)29/h1-2,7-13H,3-6,24-29H2,(H,32,34,38). The molecule has 1 N–H and O–H groups in total. The molecule has 0 bridgehead atoms. The lowest BCUT2D eigenvalue weighted by molar-refractivity contribution is 0.102. The molecule has 38 heavy (non-hydrogen) atoms. The number of fused-ring (bicyclic) bond motifs is 1. The van der Waals surface area contributed by atoms with E-state index in [1.54, 1.807) is 18.5 Å². The van der Waals surface area contributed by atoms with Gasteiger partial charge in [-0.1, -0.05) is 5.24 Å². The Kier molecular flexibility index (Phi) is 6.90. The summed E-state index contributed by atoms with van der Waals surface area (Å²) < 4.78 is 1.94. The van der Waals surface area contributed by atoms with Crippen LogP contribution in [-0.4, -0.2) is 114 Å². The quantitative estimate of drug-likeness (QED) is 0.273. The molecule has 4 aromatic heterocycles. The number of carbonyl (C=O) groups excluding carboxylic acids is 1. The highest BCUT2D eigenvalue weighted by Gasteiger charge is 2.26. The molecule has 1 fully saturated rings. The van der Waals surface area contributed by atoms with Gasteiger partial charge in [0.15, 0.2) is 0 Å². The molecule has 1 aliphatic heterocycles. The molecule has 0 atom stereocenters. The summed E-state index contributed by atoms with van der Waals surface area (Å²) in [4.78, 5) is 31.3. The van der Waals surface area contributed by atoms with Gasteiger partial charge in [0.1, 0.15) is 58.7 Å². The van der Waals surface area contributed by atoms with Crippen LogP contribution in [0, 0.1) is 0 Å². The summed E-state index contributed by atoms with van der Waals surface area (Å²) in [5.41, 5.74) is 3.26. The average Bonchev–Trinajstić information content (AvgIpc) is 3.39. The van der Waals surface area contributed by atoms with Crippen LogP contribution in [0.2, 0.25) is 0 Å². The number of aromatic nitrogens is 5. The Bertz CT molecular complexity index is 1480. The summed E-state index contributed by atoms with van der Waals surface area (Å²) in [6.45, 7) is 3.70. The number of nitrogens with one attached hydrogen (secondary N) is 1. The smallest absolute Gasteiger partial charge is 0.257 e. The molecule has 5 rings (SSSR count). The van der Waals surface area contributed by atoms with Crippen LogP contribution < -0.4 is 10.2 Å². The van der Waals surface area contributed by atoms with Crippen molar-refractivity contribution in [2.75, 3.05) is 36.4 Å². The zero-order valence-electron chi connectivity index (χ0n) is 23.1. The lowest BCUT2D eigenvalue weighted by atomic mass is 9.48. The number of hydrogen-bond acceptors (Lipinski definition) is 7. The highest BCUT2D eigenvalue weighted by Crippen LogP contribution is 2.25. The number of rotatable bonds is 6. The maximum Gasteiger partial charge on any atom is 0.257 e. The van der Waals surface area contributed by atoms with Gasteiger partial charge in [0.25, 0.3) is 5.91 Å². The van der Waals surface area contributed by atoms with E-state index < -0.39 is 0 Å². The Balaban J connectivity index is 1.31. The molecular weight excluding hydrogens is 469 g/mol. The van der Waals surface area contributed by atoms with Crippen LogP contribution in [0.15, 0.2) is 55.2 Å². The minimum absolute atomic E-state index is 0.0997. The van der Waals surface area contributed by atoms with Crippen LogP contribution in [0.5, 0.6) is 0 Å². The van der Waals surface area contributed by atoms with Gasteiger partial charge in [-0.15, -0.1) is 0 Å². The fourth-order valence-electron chi connectivity index (χ4n) is 4.62. The Morgan fingerprint density at radius 2 is 1.61 bits per heavy atom. The Morgan fingerprint density at radius 1 is 0.842 bits per heavy atom. The third-order valence-electron chi connectivity index (χ3n) is 6.97. The van der Waals surface area contributed by atoms with Gasteiger partial charge < -0.3 is 15.1 Å². The van der Waals surface area contributed by atoms with Crippen LogP contribution in [0.3, 0.4) is 0 Å². The molecule has 9 nitrogen and oxygen atoms in total. The molecule has 15 heteroatoms. The van der Waals surface area contributed by atoms with Crippen molar-refractivity contribution < 1.29 is 4.79 Å². The van der Waals surface area contributed by atoms with Gasteiger partial charge in [-0.3, -0.25) is 14.5 Å². The highest BCUT2D eigenvalue weighted by atomic mass is 16.1. The van der Waals surface area contributed by atoms with Crippen molar-refractivity contribution in [2.24, 2.45) is 0 Å². The van der Waals surface area contributed by atoms with E-state index >= 15 is 0 Å². The van der Waals surface area contributed by atoms with E-state index in [4.69, 9.17) is 0 Å². The first-order chi connectivity index (χ1) is 18.0. The van der Waals surface area contributed by atoms with Gasteiger partial charge in [-0.25, -0.2) is 9.97 Å². The maximum atomic E-state index is 13.1. The van der Waals surface area contributed by atoms with Crippen LogP contribution in [0.25, 0.3) is 22.0 Å². The van der Waals surface area contributed by atoms with Gasteiger partial charge >= 0.3 is 0 Å². The first kappa shape index (κ1) is 26.2. The normalized spacial score (nSPS) is 15.0. The van der Waals surface area contributed by atoms with Crippen LogP contribution >= 0.6 is 0 Å². The second-order valence-corrected chi connectivity index (χ2v) is 11.8. The van der Waals surface area contributed by atoms with Crippen molar-refractivity contribution in [3.63, 3.8) is 0 Å². The molecule has 0 saturated carbocycles. The van der Waals surface area contributed by atoms with E-state index in [9.17, 15) is 4.79 Å². The molecule has 0 aromatic carbocycles. The summed E-state index contributed by atoms with van der Waals surface area (Å²) in [7, 11) is 13.1. The van der Waals surface area contributed by atoms with Crippen molar-refractivity contribution in [3.8, 4) is 11.1 Å². The van der Waals surface area contributed by atoms with Gasteiger partial charge in [0.05, 0.1) is 17.9 Å². The fourth-order valence-corrected chi connectivity index (χ4v) is 4.62. The third kappa shape index (κ3) is 5.67. The van der Waals surface area contributed by atoms with E-state index in [-0.39, 0.29) is 16.4 Å². The molecule has 0 spiro atoms. The third-order valence-corrected chi connectivity index (χ3v) is 6.97. The second-order valence-electron chi connectivity index (χ2n) is 11.8. The fraction of sp³-hybridized carbons (Fsp3) is 0.261. The van der Waals surface area contributed by atoms with E-state index in [0.29, 0.717) is 11.4 Å². The Morgan fingerprint density at radius 3 is 2.29 bits per heavy atom. The van der Waals surface area contributed by atoms with Crippen molar-refractivity contribution in [1.82, 2.24) is 29.6 Å². The highest BCUT2D eigenvalue weighted by molar-refractivity contribution is 6.59. The van der Waals surface area contributed by atoms with E-state index in [1.165, 1.54) is 0 Å². The largest absolute Gasteiger partial charge is 0.354 e. The molecule has 1 aliphatic rings. The van der Waals surface area contributed by atoms with Gasteiger partial charge in [-0.2, -0.15) is 5.10 Å². The molecule has 5 heterocycles. The summed E-state index contributed by atoms with van der Waals surface area (Å²) >= 11 is 0. The Hall–Kier alpha value is -3.46. The monoisotopic (exact) mass is 500 g/mol. The summed E-state index contributed by atoms with van der Waals surface area (Å²) in [5.74, 6) is 1.08.